The summed E-state index contributed by atoms with van der Waals surface area (Å²) in [6.45, 7) is 3.04. The number of halogens is 3. The topological polar surface area (TPSA) is 66.8 Å². The number of aromatic nitrogens is 4. The standard InChI is InChI=1S/C24H26F3N5OS/c1-31-21(19-4-2-5-20(33)28-19)29-30-22(31)34-13-3-11-32-12-10-23(15-32)14-18(23)16-6-8-17(9-7-16)24(25,26)27/h2,4-9,18H,3,10-15H2,1H3,(H,28,33)/t18?,23-/m0/s1. The number of rotatable bonds is 7. The first-order valence-corrected chi connectivity index (χ1v) is 12.4. The average molecular weight is 490 g/mol. The summed E-state index contributed by atoms with van der Waals surface area (Å²) < 4.78 is 40.4. The van der Waals surface area contributed by atoms with Gasteiger partial charge in [0.15, 0.2) is 11.0 Å². The Hall–Kier alpha value is -2.59. The van der Waals surface area contributed by atoms with Crippen molar-refractivity contribution >= 4 is 11.8 Å². The largest absolute Gasteiger partial charge is 0.416 e. The summed E-state index contributed by atoms with van der Waals surface area (Å²) in [6.07, 6.45) is -1.11. The molecule has 3 aromatic rings. The molecule has 2 aromatic heterocycles. The molecule has 1 aromatic carbocycles. The molecule has 1 spiro atoms. The van der Waals surface area contributed by atoms with E-state index in [4.69, 9.17) is 0 Å². The highest BCUT2D eigenvalue weighted by Crippen LogP contribution is 2.64. The summed E-state index contributed by atoms with van der Waals surface area (Å²) in [5.41, 5.74) is 1.16. The van der Waals surface area contributed by atoms with Gasteiger partial charge >= 0.3 is 6.18 Å². The van der Waals surface area contributed by atoms with Crippen LogP contribution in [-0.2, 0) is 13.2 Å². The smallest absolute Gasteiger partial charge is 0.319 e. The second-order valence-corrected chi connectivity index (χ2v) is 10.3. The second kappa shape index (κ2) is 8.88. The summed E-state index contributed by atoms with van der Waals surface area (Å²) in [5.74, 6) is 1.91. The van der Waals surface area contributed by atoms with Crippen LogP contribution in [0.15, 0.2) is 52.4 Å². The molecular formula is C24H26F3N5OS. The Morgan fingerprint density at radius 2 is 1.97 bits per heavy atom. The van der Waals surface area contributed by atoms with Crippen molar-refractivity contribution in [3.05, 3.63) is 63.9 Å². The van der Waals surface area contributed by atoms with E-state index < -0.39 is 11.7 Å². The molecule has 0 radical (unpaired) electrons. The van der Waals surface area contributed by atoms with Gasteiger partial charge in [0.1, 0.15) is 0 Å². The highest BCUT2D eigenvalue weighted by molar-refractivity contribution is 7.99. The number of pyridine rings is 1. The van der Waals surface area contributed by atoms with Crippen LogP contribution in [0, 0.1) is 5.41 Å². The number of H-pyrrole nitrogens is 1. The monoisotopic (exact) mass is 489 g/mol. The third-order valence-electron chi connectivity index (χ3n) is 6.99. The van der Waals surface area contributed by atoms with Gasteiger partial charge in [0.2, 0.25) is 5.56 Å². The van der Waals surface area contributed by atoms with Crippen molar-refractivity contribution in [2.45, 2.75) is 36.5 Å². The van der Waals surface area contributed by atoms with Gasteiger partial charge in [0.05, 0.1) is 11.3 Å². The van der Waals surface area contributed by atoms with Gasteiger partial charge in [-0.3, -0.25) is 4.79 Å². The molecule has 5 rings (SSSR count). The molecule has 1 aliphatic carbocycles. The maximum absolute atomic E-state index is 12.8. The third-order valence-corrected chi connectivity index (χ3v) is 8.10. The Balaban J connectivity index is 1.09. The van der Waals surface area contributed by atoms with Gasteiger partial charge in [-0.05, 0) is 67.4 Å². The Bertz CT molecular complexity index is 1220. The zero-order valence-electron chi connectivity index (χ0n) is 18.8. The highest BCUT2D eigenvalue weighted by atomic mass is 32.2. The number of alkyl halides is 3. The molecule has 0 bridgehead atoms. The van der Waals surface area contributed by atoms with Gasteiger partial charge in [-0.2, -0.15) is 13.2 Å². The van der Waals surface area contributed by atoms with E-state index in [-0.39, 0.29) is 11.0 Å². The summed E-state index contributed by atoms with van der Waals surface area (Å²) in [6, 6.07) is 10.7. The van der Waals surface area contributed by atoms with E-state index in [9.17, 15) is 18.0 Å². The zero-order valence-corrected chi connectivity index (χ0v) is 19.6. The predicted molar refractivity (Wildman–Crippen MR) is 125 cm³/mol. The normalized spacial score (nSPS) is 22.5. The van der Waals surface area contributed by atoms with E-state index in [1.807, 2.05) is 11.6 Å². The fourth-order valence-corrected chi connectivity index (χ4v) is 5.89. The zero-order chi connectivity index (χ0) is 23.9. The number of nitrogens with one attached hydrogen (secondary N) is 1. The number of hydrogen-bond acceptors (Lipinski definition) is 5. The van der Waals surface area contributed by atoms with Crippen molar-refractivity contribution in [2.24, 2.45) is 12.5 Å². The van der Waals surface area contributed by atoms with Crippen LogP contribution < -0.4 is 5.56 Å². The van der Waals surface area contributed by atoms with Crippen LogP contribution in [0.25, 0.3) is 11.5 Å². The lowest BCUT2D eigenvalue weighted by atomic mass is 9.97. The van der Waals surface area contributed by atoms with Gasteiger partial charge in [0, 0.05) is 25.4 Å². The molecule has 180 valence electrons. The van der Waals surface area contributed by atoms with Crippen LogP contribution in [0.2, 0.25) is 0 Å². The lowest BCUT2D eigenvalue weighted by Gasteiger charge is -2.16. The van der Waals surface area contributed by atoms with E-state index in [1.54, 1.807) is 36.0 Å². The van der Waals surface area contributed by atoms with Crippen molar-refractivity contribution < 1.29 is 13.2 Å². The van der Waals surface area contributed by atoms with Gasteiger partial charge in [-0.15, -0.1) is 10.2 Å². The van der Waals surface area contributed by atoms with Gasteiger partial charge in [0.25, 0.3) is 0 Å². The molecule has 1 N–H and O–H groups in total. The fraction of sp³-hybridized carbons (Fsp3) is 0.458. The van der Waals surface area contributed by atoms with Crippen molar-refractivity contribution in [3.8, 4) is 11.5 Å². The molecule has 0 amide bonds. The van der Waals surface area contributed by atoms with E-state index in [1.165, 1.54) is 18.2 Å². The minimum atomic E-state index is -4.28. The van der Waals surface area contributed by atoms with Crippen LogP contribution in [0.1, 0.15) is 36.3 Å². The van der Waals surface area contributed by atoms with Gasteiger partial charge < -0.3 is 14.5 Å². The molecule has 1 unspecified atom stereocenters. The molecule has 2 fully saturated rings. The van der Waals surface area contributed by atoms with Gasteiger partial charge in [-0.1, -0.05) is 30.0 Å². The van der Waals surface area contributed by atoms with Crippen molar-refractivity contribution in [1.29, 1.82) is 0 Å². The van der Waals surface area contributed by atoms with E-state index in [0.29, 0.717) is 17.4 Å². The number of thioether (sulfide) groups is 1. The van der Waals surface area contributed by atoms with Crippen molar-refractivity contribution in [2.75, 3.05) is 25.4 Å². The fourth-order valence-electron chi connectivity index (χ4n) is 5.05. The lowest BCUT2D eigenvalue weighted by Crippen LogP contribution is -2.23. The van der Waals surface area contributed by atoms with Gasteiger partial charge in [-0.25, -0.2) is 0 Å². The van der Waals surface area contributed by atoms with E-state index in [0.717, 1.165) is 55.4 Å². The molecule has 3 heterocycles. The average Bonchev–Trinajstić information content (AvgIpc) is 3.14. The molecule has 1 saturated heterocycles. The van der Waals surface area contributed by atoms with E-state index >= 15 is 0 Å². The summed E-state index contributed by atoms with van der Waals surface area (Å²) in [5, 5.41) is 9.28. The Morgan fingerprint density at radius 1 is 1.18 bits per heavy atom. The Labute approximate surface area is 199 Å². The molecule has 2 atom stereocenters. The maximum Gasteiger partial charge on any atom is 0.416 e. The van der Waals surface area contributed by atoms with Crippen LogP contribution in [0.3, 0.4) is 0 Å². The maximum atomic E-state index is 12.8. The SMILES string of the molecule is Cn1c(SCCCN2CC[C@]3(CC3c3ccc(C(F)(F)F)cc3)C2)nnc1-c1cccc(=O)[nH]1. The molecular weight excluding hydrogens is 463 g/mol. The van der Waals surface area contributed by atoms with Crippen molar-refractivity contribution in [3.63, 3.8) is 0 Å². The molecule has 2 aliphatic rings. The molecule has 6 nitrogen and oxygen atoms in total. The lowest BCUT2D eigenvalue weighted by molar-refractivity contribution is -0.137. The number of likely N-dealkylation sites (tertiary alicyclic amines) is 1. The number of aromatic amines is 1. The first-order chi connectivity index (χ1) is 16.2. The molecule has 1 saturated carbocycles. The molecule has 1 aliphatic heterocycles. The first kappa shape index (κ1) is 23.2. The second-order valence-electron chi connectivity index (χ2n) is 9.26. The quantitative estimate of drug-likeness (QED) is 0.390. The molecule has 34 heavy (non-hydrogen) atoms. The predicted octanol–water partition coefficient (Wildman–Crippen LogP) is 4.55. The van der Waals surface area contributed by atoms with Crippen LogP contribution in [-0.4, -0.2) is 50.0 Å². The minimum Gasteiger partial charge on any atom is -0.319 e. The first-order valence-electron chi connectivity index (χ1n) is 11.4. The highest BCUT2D eigenvalue weighted by Gasteiger charge is 2.57. The summed E-state index contributed by atoms with van der Waals surface area (Å²) >= 11 is 1.65. The van der Waals surface area contributed by atoms with Crippen molar-refractivity contribution in [1.82, 2.24) is 24.6 Å². The summed E-state index contributed by atoms with van der Waals surface area (Å²) in [7, 11) is 1.89. The third kappa shape index (κ3) is 4.65. The summed E-state index contributed by atoms with van der Waals surface area (Å²) in [4.78, 5) is 16.8. The number of hydrogen-bond donors (Lipinski definition) is 1. The minimum absolute atomic E-state index is 0.172. The van der Waals surface area contributed by atoms with Crippen LogP contribution >= 0.6 is 11.8 Å². The van der Waals surface area contributed by atoms with Crippen LogP contribution in [0.5, 0.6) is 0 Å². The Kier molecular flexibility index (Phi) is 6.05. The molecule has 10 heteroatoms. The Morgan fingerprint density at radius 3 is 2.71 bits per heavy atom. The number of nitrogens with zero attached hydrogens (tertiary/aromatic N) is 4. The van der Waals surface area contributed by atoms with E-state index in [2.05, 4.69) is 20.1 Å². The van der Waals surface area contributed by atoms with Crippen LogP contribution in [0.4, 0.5) is 13.2 Å². The number of benzene rings is 1.